The number of carbonyl (C=O) groups is 1. The minimum Gasteiger partial charge on any atom is -0.356 e. The van der Waals surface area contributed by atoms with Crippen LogP contribution in [0.15, 0.2) is 54.6 Å². The average molecular weight is 270 g/mol. The van der Waals surface area contributed by atoms with E-state index in [2.05, 4.69) is 17.9 Å². The molecule has 0 aromatic heterocycles. The number of fused-ring (bicyclic) bond motifs is 1. The maximum Gasteiger partial charge on any atom is 0.258 e. The topological polar surface area (TPSA) is 32.3 Å². The van der Waals surface area contributed by atoms with Crippen LogP contribution < -0.4 is 5.32 Å². The lowest BCUT2D eigenvalue weighted by Gasteiger charge is -2.35. The Hall–Kier alpha value is -1.94. The van der Waals surface area contributed by atoms with Gasteiger partial charge in [0.2, 0.25) is 0 Å². The molecule has 0 saturated heterocycles. The number of anilines is 1. The molecule has 1 aliphatic heterocycles. The standard InChI is InChI=1S/C15H14N2OS/c18-14-12-8-4-5-9-13(12)16-15(19)17(14)10-11-6-2-1-3-7-11/h1-9,15-16,19H,10H2. The highest BCUT2D eigenvalue weighted by molar-refractivity contribution is 7.81. The van der Waals surface area contributed by atoms with Crippen molar-refractivity contribution < 1.29 is 4.79 Å². The fourth-order valence-corrected chi connectivity index (χ4v) is 2.54. The predicted molar refractivity (Wildman–Crippen MR) is 79.2 cm³/mol. The summed E-state index contributed by atoms with van der Waals surface area (Å²) < 4.78 is 0. The smallest absolute Gasteiger partial charge is 0.258 e. The summed E-state index contributed by atoms with van der Waals surface area (Å²) >= 11 is 4.46. The van der Waals surface area contributed by atoms with E-state index in [4.69, 9.17) is 0 Å². The van der Waals surface area contributed by atoms with E-state index >= 15 is 0 Å². The molecule has 19 heavy (non-hydrogen) atoms. The van der Waals surface area contributed by atoms with Gasteiger partial charge < -0.3 is 10.2 Å². The number of nitrogens with zero attached hydrogens (tertiary/aromatic N) is 1. The summed E-state index contributed by atoms with van der Waals surface area (Å²) in [5, 5.41) is 3.23. The molecule has 1 N–H and O–H groups in total. The van der Waals surface area contributed by atoms with Crippen molar-refractivity contribution in [2.24, 2.45) is 0 Å². The second-order valence-corrected chi connectivity index (χ2v) is 4.97. The molecule has 1 heterocycles. The minimum atomic E-state index is -0.303. The minimum absolute atomic E-state index is 0.0122. The molecule has 0 bridgehead atoms. The Morgan fingerprint density at radius 1 is 1.05 bits per heavy atom. The van der Waals surface area contributed by atoms with Crippen LogP contribution in [0.4, 0.5) is 5.69 Å². The molecule has 3 nitrogen and oxygen atoms in total. The van der Waals surface area contributed by atoms with Crippen molar-refractivity contribution in [3.63, 3.8) is 0 Å². The number of rotatable bonds is 2. The van der Waals surface area contributed by atoms with Gasteiger partial charge in [0.05, 0.1) is 5.56 Å². The Morgan fingerprint density at radius 3 is 2.53 bits per heavy atom. The van der Waals surface area contributed by atoms with E-state index in [9.17, 15) is 4.79 Å². The van der Waals surface area contributed by atoms with Crippen LogP contribution in [0, 0.1) is 0 Å². The van der Waals surface area contributed by atoms with Gasteiger partial charge in [0, 0.05) is 12.2 Å². The van der Waals surface area contributed by atoms with Crippen LogP contribution in [0.3, 0.4) is 0 Å². The van der Waals surface area contributed by atoms with Crippen molar-refractivity contribution >= 4 is 24.2 Å². The van der Waals surface area contributed by atoms with E-state index in [0.29, 0.717) is 12.1 Å². The number of nitrogens with one attached hydrogen (secondary N) is 1. The quantitative estimate of drug-likeness (QED) is 0.822. The van der Waals surface area contributed by atoms with Gasteiger partial charge in [0.1, 0.15) is 5.50 Å². The monoisotopic (exact) mass is 270 g/mol. The summed E-state index contributed by atoms with van der Waals surface area (Å²) in [4.78, 5) is 14.2. The maximum atomic E-state index is 12.5. The number of amides is 1. The van der Waals surface area contributed by atoms with Crippen LogP contribution in [0.25, 0.3) is 0 Å². The highest BCUT2D eigenvalue weighted by Crippen LogP contribution is 2.27. The molecule has 0 saturated carbocycles. The fraction of sp³-hybridized carbons (Fsp3) is 0.133. The lowest BCUT2D eigenvalue weighted by Crippen LogP contribution is -2.45. The van der Waals surface area contributed by atoms with Gasteiger partial charge in [-0.1, -0.05) is 42.5 Å². The molecule has 0 aliphatic carbocycles. The van der Waals surface area contributed by atoms with Crippen LogP contribution in [-0.2, 0) is 6.54 Å². The number of hydrogen-bond donors (Lipinski definition) is 2. The van der Waals surface area contributed by atoms with E-state index in [1.807, 2.05) is 54.6 Å². The summed E-state index contributed by atoms with van der Waals surface area (Å²) in [6.45, 7) is 0.551. The first-order valence-corrected chi connectivity index (χ1v) is 6.66. The van der Waals surface area contributed by atoms with E-state index in [0.717, 1.165) is 11.3 Å². The van der Waals surface area contributed by atoms with Gasteiger partial charge in [-0.15, -0.1) is 12.6 Å². The van der Waals surface area contributed by atoms with Gasteiger partial charge in [-0.05, 0) is 17.7 Å². The average Bonchev–Trinajstić information content (AvgIpc) is 2.45. The van der Waals surface area contributed by atoms with Crippen LogP contribution in [0.5, 0.6) is 0 Å². The molecule has 1 atom stereocenters. The molecular formula is C15H14N2OS. The van der Waals surface area contributed by atoms with Crippen molar-refractivity contribution in [3.8, 4) is 0 Å². The molecule has 0 fully saturated rings. The van der Waals surface area contributed by atoms with Gasteiger partial charge >= 0.3 is 0 Å². The normalized spacial score (nSPS) is 17.8. The van der Waals surface area contributed by atoms with Crippen LogP contribution >= 0.6 is 12.6 Å². The van der Waals surface area contributed by atoms with E-state index in [1.165, 1.54) is 0 Å². The summed E-state index contributed by atoms with van der Waals surface area (Å²) in [7, 11) is 0. The van der Waals surface area contributed by atoms with Crippen molar-refractivity contribution in [2.45, 2.75) is 12.0 Å². The molecular weight excluding hydrogens is 256 g/mol. The van der Waals surface area contributed by atoms with E-state index in [-0.39, 0.29) is 11.4 Å². The van der Waals surface area contributed by atoms with E-state index in [1.54, 1.807) is 4.90 Å². The Morgan fingerprint density at radius 2 is 1.74 bits per heavy atom. The van der Waals surface area contributed by atoms with Crippen LogP contribution in [-0.4, -0.2) is 16.3 Å². The summed E-state index contributed by atoms with van der Waals surface area (Å²) in [6, 6.07) is 17.4. The third-order valence-electron chi connectivity index (χ3n) is 3.19. The molecule has 1 unspecified atom stereocenters. The first-order chi connectivity index (χ1) is 9.25. The van der Waals surface area contributed by atoms with Gasteiger partial charge in [-0.25, -0.2) is 0 Å². The highest BCUT2D eigenvalue weighted by Gasteiger charge is 2.29. The van der Waals surface area contributed by atoms with Gasteiger partial charge in [-0.2, -0.15) is 0 Å². The molecule has 0 radical (unpaired) electrons. The third-order valence-corrected chi connectivity index (χ3v) is 3.60. The zero-order valence-electron chi connectivity index (χ0n) is 10.3. The molecule has 1 aliphatic rings. The first kappa shape index (κ1) is 12.1. The first-order valence-electron chi connectivity index (χ1n) is 6.14. The van der Waals surface area contributed by atoms with Crippen LogP contribution in [0.2, 0.25) is 0 Å². The van der Waals surface area contributed by atoms with Crippen molar-refractivity contribution in [1.29, 1.82) is 0 Å². The Labute approximate surface area is 117 Å². The fourth-order valence-electron chi connectivity index (χ4n) is 2.22. The van der Waals surface area contributed by atoms with Gasteiger partial charge in [0.25, 0.3) is 5.91 Å². The molecule has 96 valence electrons. The summed E-state index contributed by atoms with van der Waals surface area (Å²) in [5.74, 6) is 0.0122. The molecule has 2 aromatic rings. The molecule has 0 spiro atoms. The zero-order valence-corrected chi connectivity index (χ0v) is 11.2. The maximum absolute atomic E-state index is 12.5. The summed E-state index contributed by atoms with van der Waals surface area (Å²) in [5.41, 5.74) is 2.33. The molecule has 4 heteroatoms. The van der Waals surface area contributed by atoms with Gasteiger partial charge in [-0.3, -0.25) is 4.79 Å². The van der Waals surface area contributed by atoms with Crippen molar-refractivity contribution in [2.75, 3.05) is 5.32 Å². The molecule has 2 aromatic carbocycles. The number of carbonyl (C=O) groups excluding carboxylic acids is 1. The Bertz CT molecular complexity index is 600. The molecule has 3 rings (SSSR count). The summed E-state index contributed by atoms with van der Waals surface area (Å²) in [6.07, 6.45) is 0. The largest absolute Gasteiger partial charge is 0.356 e. The Balaban J connectivity index is 1.89. The lowest BCUT2D eigenvalue weighted by molar-refractivity contribution is 0.0728. The van der Waals surface area contributed by atoms with Gasteiger partial charge in [0.15, 0.2) is 0 Å². The second-order valence-electron chi connectivity index (χ2n) is 4.48. The Kier molecular flexibility index (Phi) is 3.17. The highest BCUT2D eigenvalue weighted by atomic mass is 32.1. The number of benzene rings is 2. The van der Waals surface area contributed by atoms with Crippen LogP contribution in [0.1, 0.15) is 15.9 Å². The number of para-hydroxylation sites is 1. The second kappa shape index (κ2) is 4.97. The number of hydrogen-bond acceptors (Lipinski definition) is 3. The SMILES string of the molecule is O=C1c2ccccc2NC(S)N1Cc1ccccc1. The number of thiol groups is 1. The zero-order chi connectivity index (χ0) is 13.2. The molecule has 1 amide bonds. The van der Waals surface area contributed by atoms with E-state index < -0.39 is 0 Å². The third kappa shape index (κ3) is 2.31. The lowest BCUT2D eigenvalue weighted by atomic mass is 10.1. The van der Waals surface area contributed by atoms with Crippen molar-refractivity contribution in [1.82, 2.24) is 4.90 Å². The van der Waals surface area contributed by atoms with Crippen molar-refractivity contribution in [3.05, 3.63) is 65.7 Å². The predicted octanol–water partition coefficient (Wildman–Crippen LogP) is 2.97.